The predicted molar refractivity (Wildman–Crippen MR) is 93.1 cm³/mol. The van der Waals surface area contributed by atoms with Crippen LogP contribution in [0.2, 0.25) is 0 Å². The summed E-state index contributed by atoms with van der Waals surface area (Å²) in [7, 11) is 2.64. The van der Waals surface area contributed by atoms with Crippen molar-refractivity contribution in [1.82, 2.24) is 14.1 Å². The minimum Gasteiger partial charge on any atom is -0.508 e. The molecule has 136 valence electrons. The van der Waals surface area contributed by atoms with Crippen LogP contribution in [0.5, 0.6) is 11.6 Å². The molecule has 0 radical (unpaired) electrons. The summed E-state index contributed by atoms with van der Waals surface area (Å²) in [5, 5.41) is 25.4. The molecule has 0 saturated carbocycles. The molecular formula is C17H18N4O5. The number of rotatable bonds is 2. The van der Waals surface area contributed by atoms with E-state index in [2.05, 4.69) is 5.10 Å². The van der Waals surface area contributed by atoms with E-state index in [9.17, 15) is 24.6 Å². The van der Waals surface area contributed by atoms with Crippen molar-refractivity contribution >= 4 is 11.6 Å². The van der Waals surface area contributed by atoms with Crippen molar-refractivity contribution in [2.45, 2.75) is 19.4 Å². The van der Waals surface area contributed by atoms with Crippen molar-refractivity contribution in [2.24, 2.45) is 19.2 Å². The third-order valence-electron chi connectivity index (χ3n) is 4.41. The Morgan fingerprint density at radius 3 is 2.50 bits per heavy atom. The second-order valence-corrected chi connectivity index (χ2v) is 6.13. The molecule has 1 amide bonds. The largest absolute Gasteiger partial charge is 0.508 e. The summed E-state index contributed by atoms with van der Waals surface area (Å²) in [5.41, 5.74) is -0.641. The summed E-state index contributed by atoms with van der Waals surface area (Å²) in [6.45, 7) is 1.33. The zero-order chi connectivity index (χ0) is 19.2. The number of hydrogen-bond acceptors (Lipinski definition) is 6. The molecule has 1 aliphatic rings. The van der Waals surface area contributed by atoms with Crippen LogP contribution in [-0.4, -0.2) is 36.0 Å². The van der Waals surface area contributed by atoms with Gasteiger partial charge in [-0.1, -0.05) is 12.1 Å². The second kappa shape index (κ2) is 6.17. The van der Waals surface area contributed by atoms with E-state index < -0.39 is 23.2 Å². The lowest BCUT2D eigenvalue weighted by atomic mass is 9.99. The summed E-state index contributed by atoms with van der Waals surface area (Å²) < 4.78 is 1.82. The van der Waals surface area contributed by atoms with Gasteiger partial charge in [0, 0.05) is 27.4 Å². The summed E-state index contributed by atoms with van der Waals surface area (Å²) in [5.74, 6) is -0.813. The van der Waals surface area contributed by atoms with Crippen molar-refractivity contribution in [3.8, 4) is 11.6 Å². The van der Waals surface area contributed by atoms with Crippen molar-refractivity contribution in [3.05, 3.63) is 56.2 Å². The Morgan fingerprint density at radius 2 is 1.88 bits per heavy atom. The molecule has 0 saturated heterocycles. The number of phenols is 1. The molecule has 9 heteroatoms. The maximum atomic E-state index is 12.5. The molecule has 1 aromatic heterocycles. The van der Waals surface area contributed by atoms with Crippen LogP contribution in [0.15, 0.2) is 39.0 Å². The van der Waals surface area contributed by atoms with Crippen LogP contribution in [0.4, 0.5) is 0 Å². The van der Waals surface area contributed by atoms with Crippen molar-refractivity contribution < 1.29 is 15.0 Å². The molecule has 9 nitrogen and oxygen atoms in total. The molecular weight excluding hydrogens is 340 g/mol. The standard InChI is InChI=1S/C17H18N4O5/c1-9(22)21-13(10-5-4-6-11(23)7-10)8-12(18-21)14-15(24)19(2)17(26)20(3)16(14)25/h4-7,13,23-24H,8H2,1-3H3/t13-/m0/s1. The van der Waals surface area contributed by atoms with E-state index in [4.69, 9.17) is 0 Å². The molecule has 2 N–H and O–H groups in total. The minimum absolute atomic E-state index is 0.0420. The van der Waals surface area contributed by atoms with E-state index in [1.54, 1.807) is 12.1 Å². The van der Waals surface area contributed by atoms with E-state index >= 15 is 0 Å². The average Bonchev–Trinajstić information content (AvgIpc) is 3.04. The van der Waals surface area contributed by atoms with Gasteiger partial charge in [0.1, 0.15) is 11.3 Å². The van der Waals surface area contributed by atoms with Gasteiger partial charge in [0.05, 0.1) is 11.8 Å². The molecule has 0 bridgehead atoms. The average molecular weight is 358 g/mol. The fraction of sp³-hybridized carbons (Fsp3) is 0.294. The van der Waals surface area contributed by atoms with Crippen LogP contribution < -0.4 is 11.2 Å². The zero-order valence-corrected chi connectivity index (χ0v) is 14.5. The number of aromatic hydroxyl groups is 2. The lowest BCUT2D eigenvalue weighted by Gasteiger charge is -2.20. The number of carbonyl (C=O) groups excluding carboxylic acids is 1. The quantitative estimate of drug-likeness (QED) is 0.795. The first-order valence-corrected chi connectivity index (χ1v) is 7.88. The Balaban J connectivity index is 2.14. The van der Waals surface area contributed by atoms with Gasteiger partial charge in [0.15, 0.2) is 0 Å². The molecule has 1 aromatic carbocycles. The summed E-state index contributed by atoms with van der Waals surface area (Å²) in [6.07, 6.45) is 0.157. The first-order chi connectivity index (χ1) is 12.2. The van der Waals surface area contributed by atoms with Crippen molar-refractivity contribution in [3.63, 3.8) is 0 Å². The minimum atomic E-state index is -0.690. The molecule has 1 atom stereocenters. The predicted octanol–water partition coefficient (Wildman–Crippen LogP) is 0.193. The first-order valence-electron chi connectivity index (χ1n) is 7.88. The van der Waals surface area contributed by atoms with Crippen molar-refractivity contribution in [1.29, 1.82) is 0 Å². The maximum Gasteiger partial charge on any atom is 0.333 e. The van der Waals surface area contributed by atoms with Crippen LogP contribution in [0, 0.1) is 0 Å². The first kappa shape index (κ1) is 17.5. The molecule has 2 aromatic rings. The lowest BCUT2D eigenvalue weighted by molar-refractivity contribution is -0.130. The van der Waals surface area contributed by atoms with Gasteiger partial charge in [0.2, 0.25) is 11.8 Å². The number of hydrogen-bond donors (Lipinski definition) is 2. The second-order valence-electron chi connectivity index (χ2n) is 6.13. The summed E-state index contributed by atoms with van der Waals surface area (Å²) >= 11 is 0. The van der Waals surface area contributed by atoms with Crippen LogP contribution in [0.3, 0.4) is 0 Å². The van der Waals surface area contributed by atoms with E-state index in [1.165, 1.54) is 38.2 Å². The summed E-state index contributed by atoms with van der Waals surface area (Å²) in [4.78, 5) is 36.4. The Morgan fingerprint density at radius 1 is 1.19 bits per heavy atom. The van der Waals surface area contributed by atoms with Gasteiger partial charge in [-0.3, -0.25) is 18.7 Å². The number of amides is 1. The Hall–Kier alpha value is -3.36. The Kier molecular flexibility index (Phi) is 4.15. The SMILES string of the molecule is CC(=O)N1N=C(c2c(O)n(C)c(=O)n(C)c2=O)C[C@H]1c1cccc(O)c1. The highest BCUT2D eigenvalue weighted by atomic mass is 16.3. The number of benzene rings is 1. The molecule has 2 heterocycles. The molecule has 0 unspecified atom stereocenters. The lowest BCUT2D eigenvalue weighted by Crippen LogP contribution is -2.39. The highest BCUT2D eigenvalue weighted by molar-refractivity contribution is 6.04. The van der Waals surface area contributed by atoms with E-state index in [0.717, 1.165) is 9.13 Å². The summed E-state index contributed by atoms with van der Waals surface area (Å²) in [6, 6.07) is 5.86. The fourth-order valence-electron chi connectivity index (χ4n) is 3.03. The molecule has 3 rings (SSSR count). The highest BCUT2D eigenvalue weighted by Crippen LogP contribution is 2.34. The normalized spacial score (nSPS) is 16.7. The van der Waals surface area contributed by atoms with Crippen LogP contribution in [0.25, 0.3) is 0 Å². The van der Waals surface area contributed by atoms with Gasteiger partial charge >= 0.3 is 5.69 Å². The Bertz CT molecular complexity index is 1050. The molecule has 0 fully saturated rings. The topological polar surface area (TPSA) is 117 Å². The number of aromatic nitrogens is 2. The third-order valence-corrected chi connectivity index (χ3v) is 4.41. The fourth-order valence-corrected chi connectivity index (χ4v) is 3.03. The zero-order valence-electron chi connectivity index (χ0n) is 14.5. The molecule has 1 aliphatic heterocycles. The number of hydrazone groups is 1. The van der Waals surface area contributed by atoms with Crippen LogP contribution in [0.1, 0.15) is 30.5 Å². The van der Waals surface area contributed by atoms with Gasteiger partial charge in [-0.25, -0.2) is 9.80 Å². The number of carbonyl (C=O) groups is 1. The van der Waals surface area contributed by atoms with Crippen LogP contribution in [-0.2, 0) is 18.9 Å². The van der Waals surface area contributed by atoms with Gasteiger partial charge in [-0.15, -0.1) is 0 Å². The van der Waals surface area contributed by atoms with Gasteiger partial charge in [0.25, 0.3) is 5.56 Å². The maximum absolute atomic E-state index is 12.5. The van der Waals surface area contributed by atoms with E-state index in [-0.39, 0.29) is 29.4 Å². The van der Waals surface area contributed by atoms with Crippen LogP contribution >= 0.6 is 0 Å². The van der Waals surface area contributed by atoms with Gasteiger partial charge in [-0.05, 0) is 17.7 Å². The molecule has 0 aliphatic carbocycles. The monoisotopic (exact) mass is 358 g/mol. The third kappa shape index (κ3) is 2.67. The Labute approximate surface area is 148 Å². The number of nitrogens with zero attached hydrogens (tertiary/aromatic N) is 4. The smallest absolute Gasteiger partial charge is 0.333 e. The van der Waals surface area contributed by atoms with Crippen molar-refractivity contribution in [2.75, 3.05) is 0 Å². The number of phenolic OH excluding ortho intramolecular Hbond substituents is 1. The van der Waals surface area contributed by atoms with Gasteiger partial charge < -0.3 is 10.2 Å². The van der Waals surface area contributed by atoms with Gasteiger partial charge in [-0.2, -0.15) is 5.10 Å². The molecule has 0 spiro atoms. The highest BCUT2D eigenvalue weighted by Gasteiger charge is 2.34. The molecule has 26 heavy (non-hydrogen) atoms. The van der Waals surface area contributed by atoms with E-state index in [1.807, 2.05) is 0 Å². The van der Waals surface area contributed by atoms with E-state index in [0.29, 0.717) is 5.56 Å².